The van der Waals surface area contributed by atoms with Gasteiger partial charge in [-0.2, -0.15) is 0 Å². The molecule has 0 unspecified atom stereocenters. The molecule has 2 rings (SSSR count). The third-order valence-corrected chi connectivity index (χ3v) is 3.43. The Morgan fingerprint density at radius 3 is 2.67 bits per heavy atom. The number of aliphatic hydroxyl groups excluding tert-OH is 1. The van der Waals surface area contributed by atoms with E-state index in [0.29, 0.717) is 5.56 Å². The fraction of sp³-hybridized carbons (Fsp3) is 0.538. The second-order valence-electron chi connectivity index (χ2n) is 4.44. The molecule has 3 nitrogen and oxygen atoms in total. The summed E-state index contributed by atoms with van der Waals surface area (Å²) in [6.07, 6.45) is 0. The van der Waals surface area contributed by atoms with Crippen molar-refractivity contribution in [2.75, 3.05) is 32.8 Å². The molecule has 1 aromatic carbocycles. The molecule has 1 heterocycles. The molecule has 1 aromatic rings. The summed E-state index contributed by atoms with van der Waals surface area (Å²) in [7, 11) is 0. The second kappa shape index (κ2) is 7.04. The molecule has 18 heavy (non-hydrogen) atoms. The van der Waals surface area contributed by atoms with Gasteiger partial charge in [0.05, 0.1) is 12.6 Å². The van der Waals surface area contributed by atoms with Crippen molar-refractivity contribution in [3.8, 4) is 0 Å². The molecule has 1 aliphatic rings. The molecule has 0 amide bonds. The van der Waals surface area contributed by atoms with E-state index in [1.54, 1.807) is 13.0 Å². The molecule has 1 aliphatic heterocycles. The smallest absolute Gasteiger partial charge is 0.126 e. The molecule has 1 fully saturated rings. The van der Waals surface area contributed by atoms with Crippen LogP contribution in [0.4, 0.5) is 4.39 Å². The maximum atomic E-state index is 13.5. The van der Waals surface area contributed by atoms with Gasteiger partial charge in [0.25, 0.3) is 0 Å². The number of piperazine rings is 1. The fourth-order valence-electron chi connectivity index (χ4n) is 2.39. The number of nitrogens with zero attached hydrogens (tertiary/aromatic N) is 1. The quantitative estimate of drug-likeness (QED) is 0.877. The zero-order valence-corrected chi connectivity index (χ0v) is 11.3. The number of hydrogen-bond acceptors (Lipinski definition) is 3. The van der Waals surface area contributed by atoms with E-state index >= 15 is 0 Å². The van der Waals surface area contributed by atoms with Crippen molar-refractivity contribution in [1.82, 2.24) is 10.2 Å². The molecule has 2 N–H and O–H groups in total. The molecule has 0 bridgehead atoms. The van der Waals surface area contributed by atoms with E-state index in [0.717, 1.165) is 31.7 Å². The Kier molecular flexibility index (Phi) is 6.02. The summed E-state index contributed by atoms with van der Waals surface area (Å²) < 4.78 is 13.5. The third kappa shape index (κ3) is 3.20. The first-order valence-electron chi connectivity index (χ1n) is 6.04. The van der Waals surface area contributed by atoms with Crippen LogP contribution in [0.3, 0.4) is 0 Å². The minimum Gasteiger partial charge on any atom is -0.394 e. The molecule has 1 saturated heterocycles. The second-order valence-corrected chi connectivity index (χ2v) is 4.44. The van der Waals surface area contributed by atoms with Crippen molar-refractivity contribution in [1.29, 1.82) is 0 Å². The average Bonchev–Trinajstić information content (AvgIpc) is 2.37. The Balaban J connectivity index is 0.00000162. The van der Waals surface area contributed by atoms with Crippen molar-refractivity contribution in [2.45, 2.75) is 13.0 Å². The number of hydrogen-bond donors (Lipinski definition) is 2. The summed E-state index contributed by atoms with van der Waals surface area (Å²) in [6.45, 7) is 5.43. The average molecular weight is 275 g/mol. The van der Waals surface area contributed by atoms with E-state index in [9.17, 15) is 9.50 Å². The number of halogens is 2. The Hall–Kier alpha value is -0.680. The number of benzene rings is 1. The molecule has 0 aliphatic carbocycles. The molecular weight excluding hydrogens is 255 g/mol. The largest absolute Gasteiger partial charge is 0.394 e. The molecule has 1 atom stereocenters. The summed E-state index contributed by atoms with van der Waals surface area (Å²) in [5.74, 6) is -0.198. The maximum Gasteiger partial charge on any atom is 0.126 e. The number of rotatable bonds is 3. The Bertz CT molecular complexity index is 383. The summed E-state index contributed by atoms with van der Waals surface area (Å²) in [5, 5.41) is 12.8. The van der Waals surface area contributed by atoms with Gasteiger partial charge in [0.2, 0.25) is 0 Å². The summed E-state index contributed by atoms with van der Waals surface area (Å²) in [4.78, 5) is 2.21. The Morgan fingerprint density at radius 2 is 2.06 bits per heavy atom. The lowest BCUT2D eigenvalue weighted by Gasteiger charge is -2.34. The van der Waals surface area contributed by atoms with E-state index in [1.807, 2.05) is 6.07 Å². The van der Waals surface area contributed by atoms with E-state index in [4.69, 9.17) is 0 Å². The highest BCUT2D eigenvalue weighted by molar-refractivity contribution is 5.85. The van der Waals surface area contributed by atoms with E-state index in [2.05, 4.69) is 10.2 Å². The predicted molar refractivity (Wildman–Crippen MR) is 72.7 cm³/mol. The molecule has 102 valence electrons. The van der Waals surface area contributed by atoms with Crippen LogP contribution in [0.25, 0.3) is 0 Å². The van der Waals surface area contributed by atoms with E-state index in [-0.39, 0.29) is 30.9 Å². The summed E-state index contributed by atoms with van der Waals surface area (Å²) in [5.41, 5.74) is 1.54. The predicted octanol–water partition coefficient (Wildman–Crippen LogP) is 1.49. The molecular formula is C13H20ClFN2O. The van der Waals surface area contributed by atoms with Crippen LogP contribution < -0.4 is 5.32 Å². The van der Waals surface area contributed by atoms with Gasteiger partial charge in [-0.15, -0.1) is 12.4 Å². The van der Waals surface area contributed by atoms with Crippen LogP contribution >= 0.6 is 12.4 Å². The fourth-order valence-corrected chi connectivity index (χ4v) is 2.39. The SMILES string of the molecule is Cc1c(F)cccc1[C@H](CO)N1CCNCC1.Cl. The first kappa shape index (κ1) is 15.4. The van der Waals surface area contributed by atoms with Crippen molar-refractivity contribution < 1.29 is 9.50 Å². The lowest BCUT2D eigenvalue weighted by atomic mass is 9.99. The van der Waals surface area contributed by atoms with Crippen molar-refractivity contribution in [3.05, 3.63) is 35.1 Å². The van der Waals surface area contributed by atoms with Gasteiger partial charge in [0.1, 0.15) is 5.82 Å². The standard InChI is InChI=1S/C13H19FN2O.ClH/c1-10-11(3-2-4-12(10)14)13(9-17)16-7-5-15-6-8-16;/h2-4,13,15,17H,5-9H2,1H3;1H/t13-;/m0./s1. The van der Waals surface area contributed by atoms with Crippen LogP contribution in [0, 0.1) is 12.7 Å². The van der Waals surface area contributed by atoms with Gasteiger partial charge in [0, 0.05) is 26.2 Å². The molecule has 0 spiro atoms. The monoisotopic (exact) mass is 274 g/mol. The highest BCUT2D eigenvalue weighted by atomic mass is 35.5. The molecule has 0 saturated carbocycles. The first-order valence-corrected chi connectivity index (χ1v) is 6.04. The van der Waals surface area contributed by atoms with Gasteiger partial charge in [-0.1, -0.05) is 12.1 Å². The topological polar surface area (TPSA) is 35.5 Å². The third-order valence-electron chi connectivity index (χ3n) is 3.43. The van der Waals surface area contributed by atoms with Gasteiger partial charge in [-0.3, -0.25) is 4.90 Å². The lowest BCUT2D eigenvalue weighted by Crippen LogP contribution is -2.46. The van der Waals surface area contributed by atoms with Crippen LogP contribution in [-0.2, 0) is 0 Å². The Morgan fingerprint density at radius 1 is 1.39 bits per heavy atom. The van der Waals surface area contributed by atoms with E-state index < -0.39 is 0 Å². The van der Waals surface area contributed by atoms with Gasteiger partial charge in [-0.25, -0.2) is 4.39 Å². The molecule has 0 radical (unpaired) electrons. The van der Waals surface area contributed by atoms with Crippen LogP contribution in [0.1, 0.15) is 17.2 Å². The van der Waals surface area contributed by atoms with Crippen LogP contribution in [-0.4, -0.2) is 42.8 Å². The highest BCUT2D eigenvalue weighted by Crippen LogP contribution is 2.25. The first-order chi connectivity index (χ1) is 8.24. The highest BCUT2D eigenvalue weighted by Gasteiger charge is 2.23. The van der Waals surface area contributed by atoms with Crippen LogP contribution in [0.5, 0.6) is 0 Å². The minimum atomic E-state index is -0.198. The van der Waals surface area contributed by atoms with Gasteiger partial charge >= 0.3 is 0 Å². The van der Waals surface area contributed by atoms with Crippen molar-refractivity contribution in [2.24, 2.45) is 0 Å². The zero-order chi connectivity index (χ0) is 12.3. The number of aliphatic hydroxyl groups is 1. The Labute approximate surface area is 113 Å². The summed E-state index contributed by atoms with van der Waals surface area (Å²) in [6, 6.07) is 4.99. The van der Waals surface area contributed by atoms with Crippen LogP contribution in [0.2, 0.25) is 0 Å². The minimum absolute atomic E-state index is 0. The number of nitrogens with one attached hydrogen (secondary N) is 1. The summed E-state index contributed by atoms with van der Waals surface area (Å²) >= 11 is 0. The molecule has 5 heteroatoms. The molecule has 0 aromatic heterocycles. The van der Waals surface area contributed by atoms with Gasteiger partial charge in [-0.05, 0) is 24.1 Å². The van der Waals surface area contributed by atoms with Gasteiger partial charge < -0.3 is 10.4 Å². The van der Waals surface area contributed by atoms with Crippen molar-refractivity contribution in [3.63, 3.8) is 0 Å². The van der Waals surface area contributed by atoms with Crippen molar-refractivity contribution >= 4 is 12.4 Å². The zero-order valence-electron chi connectivity index (χ0n) is 10.5. The normalized spacial score (nSPS) is 18.2. The van der Waals surface area contributed by atoms with Crippen LogP contribution in [0.15, 0.2) is 18.2 Å². The van der Waals surface area contributed by atoms with E-state index in [1.165, 1.54) is 6.07 Å². The maximum absolute atomic E-state index is 13.5. The van der Waals surface area contributed by atoms with Gasteiger partial charge in [0.15, 0.2) is 0 Å². The lowest BCUT2D eigenvalue weighted by molar-refractivity contribution is 0.110.